The molecule has 1 heterocycles. The SMILES string of the molecule is COCCCS(=O)(=O)N1CCC(C)(CN)C1.Cl. The Morgan fingerprint density at radius 2 is 2.12 bits per heavy atom. The summed E-state index contributed by atoms with van der Waals surface area (Å²) in [6.45, 7) is 4.22. The van der Waals surface area contributed by atoms with Crippen LogP contribution in [-0.4, -0.2) is 51.8 Å². The fraction of sp³-hybridized carbons (Fsp3) is 1.00. The van der Waals surface area contributed by atoms with E-state index in [4.69, 9.17) is 10.5 Å². The molecule has 1 unspecified atom stereocenters. The van der Waals surface area contributed by atoms with Gasteiger partial charge in [0.2, 0.25) is 10.0 Å². The quantitative estimate of drug-likeness (QED) is 0.720. The van der Waals surface area contributed by atoms with Crippen molar-refractivity contribution in [2.75, 3.05) is 39.1 Å². The highest BCUT2D eigenvalue weighted by atomic mass is 35.5. The fourth-order valence-corrected chi connectivity index (χ4v) is 3.52. The van der Waals surface area contributed by atoms with Gasteiger partial charge in [-0.15, -0.1) is 12.4 Å². The number of nitrogens with zero attached hydrogens (tertiary/aromatic N) is 1. The average Bonchev–Trinajstić information content (AvgIpc) is 2.63. The maximum absolute atomic E-state index is 11.9. The minimum atomic E-state index is -3.12. The topological polar surface area (TPSA) is 72.6 Å². The third kappa shape index (κ3) is 4.71. The molecule has 0 aliphatic carbocycles. The normalized spacial score (nSPS) is 25.8. The number of hydrogen-bond acceptors (Lipinski definition) is 4. The number of ether oxygens (including phenoxy) is 1. The molecule has 5 nitrogen and oxygen atoms in total. The van der Waals surface area contributed by atoms with Crippen LogP contribution in [0.2, 0.25) is 0 Å². The van der Waals surface area contributed by atoms with Crippen LogP contribution in [-0.2, 0) is 14.8 Å². The first-order valence-corrected chi connectivity index (χ1v) is 7.21. The molecule has 17 heavy (non-hydrogen) atoms. The molecule has 0 spiro atoms. The Balaban J connectivity index is 0.00000256. The summed E-state index contributed by atoms with van der Waals surface area (Å²) in [5, 5.41) is 0. The van der Waals surface area contributed by atoms with E-state index in [-0.39, 0.29) is 23.6 Å². The minimum Gasteiger partial charge on any atom is -0.385 e. The van der Waals surface area contributed by atoms with Gasteiger partial charge in [0.15, 0.2) is 0 Å². The first-order chi connectivity index (χ1) is 7.43. The van der Waals surface area contributed by atoms with E-state index in [0.717, 1.165) is 6.42 Å². The molecule has 104 valence electrons. The summed E-state index contributed by atoms with van der Waals surface area (Å²) >= 11 is 0. The largest absolute Gasteiger partial charge is 0.385 e. The van der Waals surface area contributed by atoms with Gasteiger partial charge in [-0.05, 0) is 24.8 Å². The zero-order valence-corrected chi connectivity index (χ0v) is 12.1. The maximum atomic E-state index is 11.9. The Morgan fingerprint density at radius 3 is 2.59 bits per heavy atom. The van der Waals surface area contributed by atoms with Crippen molar-refractivity contribution in [3.63, 3.8) is 0 Å². The van der Waals surface area contributed by atoms with E-state index in [9.17, 15) is 8.42 Å². The van der Waals surface area contributed by atoms with Crippen molar-refractivity contribution in [1.29, 1.82) is 0 Å². The van der Waals surface area contributed by atoms with Gasteiger partial charge in [0.25, 0.3) is 0 Å². The van der Waals surface area contributed by atoms with Gasteiger partial charge in [0, 0.05) is 26.8 Å². The minimum absolute atomic E-state index is 0. The molecule has 1 fully saturated rings. The predicted molar refractivity (Wildman–Crippen MR) is 70.9 cm³/mol. The zero-order chi connectivity index (χ0) is 12.2. The highest BCUT2D eigenvalue weighted by Gasteiger charge is 2.37. The van der Waals surface area contributed by atoms with Crippen LogP contribution in [0.1, 0.15) is 19.8 Å². The smallest absolute Gasteiger partial charge is 0.214 e. The maximum Gasteiger partial charge on any atom is 0.214 e. The molecule has 2 N–H and O–H groups in total. The summed E-state index contributed by atoms with van der Waals surface area (Å²) in [5.41, 5.74) is 5.61. The van der Waals surface area contributed by atoms with E-state index in [2.05, 4.69) is 0 Å². The van der Waals surface area contributed by atoms with Crippen LogP contribution in [0.4, 0.5) is 0 Å². The number of methoxy groups -OCH3 is 1. The van der Waals surface area contributed by atoms with Crippen molar-refractivity contribution in [1.82, 2.24) is 4.31 Å². The number of hydrogen-bond donors (Lipinski definition) is 1. The van der Waals surface area contributed by atoms with Crippen LogP contribution in [0.3, 0.4) is 0 Å². The first kappa shape index (κ1) is 17.1. The molecule has 1 aliphatic rings. The van der Waals surface area contributed by atoms with Gasteiger partial charge < -0.3 is 10.5 Å². The van der Waals surface area contributed by atoms with Gasteiger partial charge in [0.05, 0.1) is 5.75 Å². The van der Waals surface area contributed by atoms with Gasteiger partial charge in [0.1, 0.15) is 0 Å². The van der Waals surface area contributed by atoms with E-state index >= 15 is 0 Å². The van der Waals surface area contributed by atoms with Crippen LogP contribution in [0.25, 0.3) is 0 Å². The van der Waals surface area contributed by atoms with Crippen molar-refractivity contribution in [3.8, 4) is 0 Å². The molecule has 0 aromatic rings. The second kappa shape index (κ2) is 6.89. The van der Waals surface area contributed by atoms with Crippen LogP contribution < -0.4 is 5.73 Å². The summed E-state index contributed by atoms with van der Waals surface area (Å²) < 4.78 is 30.3. The molecule has 0 aromatic heterocycles. The average molecular weight is 287 g/mol. The number of nitrogens with two attached hydrogens (primary N) is 1. The summed E-state index contributed by atoms with van der Waals surface area (Å²) in [6, 6.07) is 0. The van der Waals surface area contributed by atoms with Gasteiger partial charge in [-0.2, -0.15) is 0 Å². The Hall–Kier alpha value is 0.120. The van der Waals surface area contributed by atoms with E-state index in [1.165, 1.54) is 0 Å². The van der Waals surface area contributed by atoms with Crippen molar-refractivity contribution >= 4 is 22.4 Å². The molecule has 1 atom stereocenters. The van der Waals surface area contributed by atoms with E-state index in [1.807, 2.05) is 6.92 Å². The summed E-state index contributed by atoms with van der Waals surface area (Å²) in [4.78, 5) is 0. The van der Waals surface area contributed by atoms with E-state index in [0.29, 0.717) is 32.7 Å². The van der Waals surface area contributed by atoms with Gasteiger partial charge in [-0.25, -0.2) is 12.7 Å². The Bertz CT molecular complexity index is 324. The lowest BCUT2D eigenvalue weighted by atomic mass is 9.90. The van der Waals surface area contributed by atoms with Crippen LogP contribution >= 0.6 is 12.4 Å². The molecule has 0 amide bonds. The Morgan fingerprint density at radius 1 is 1.47 bits per heavy atom. The standard InChI is InChI=1S/C10H22N2O3S.ClH/c1-10(8-11)4-5-12(9-10)16(13,14)7-3-6-15-2;/h3-9,11H2,1-2H3;1H. The number of sulfonamides is 1. The number of halogens is 1. The Kier molecular flexibility index (Phi) is 6.94. The number of rotatable bonds is 6. The third-order valence-electron chi connectivity index (χ3n) is 3.16. The van der Waals surface area contributed by atoms with Gasteiger partial charge >= 0.3 is 0 Å². The molecule has 0 aromatic carbocycles. The van der Waals surface area contributed by atoms with Crippen molar-refractivity contribution in [2.24, 2.45) is 11.1 Å². The molecule has 0 bridgehead atoms. The van der Waals surface area contributed by atoms with E-state index < -0.39 is 10.0 Å². The van der Waals surface area contributed by atoms with Crippen LogP contribution in [0, 0.1) is 5.41 Å². The highest BCUT2D eigenvalue weighted by molar-refractivity contribution is 7.89. The molecular formula is C10H23ClN2O3S. The lowest BCUT2D eigenvalue weighted by Crippen LogP contribution is -2.35. The fourth-order valence-electron chi connectivity index (χ4n) is 1.90. The van der Waals surface area contributed by atoms with Gasteiger partial charge in [-0.3, -0.25) is 0 Å². The molecular weight excluding hydrogens is 264 g/mol. The molecule has 0 radical (unpaired) electrons. The lowest BCUT2D eigenvalue weighted by molar-refractivity contribution is 0.199. The Labute approximate surface area is 110 Å². The van der Waals surface area contributed by atoms with Crippen molar-refractivity contribution in [2.45, 2.75) is 19.8 Å². The third-order valence-corrected chi connectivity index (χ3v) is 5.06. The van der Waals surface area contributed by atoms with Crippen molar-refractivity contribution < 1.29 is 13.2 Å². The second-order valence-corrected chi connectivity index (χ2v) is 6.85. The van der Waals surface area contributed by atoms with Gasteiger partial charge in [-0.1, -0.05) is 6.92 Å². The molecule has 1 rings (SSSR count). The summed E-state index contributed by atoms with van der Waals surface area (Å²) in [6.07, 6.45) is 1.40. The lowest BCUT2D eigenvalue weighted by Gasteiger charge is -2.22. The predicted octanol–water partition coefficient (Wildman–Crippen LogP) is 0.445. The second-order valence-electron chi connectivity index (χ2n) is 4.76. The molecule has 0 saturated carbocycles. The van der Waals surface area contributed by atoms with E-state index in [1.54, 1.807) is 11.4 Å². The van der Waals surface area contributed by atoms with Crippen LogP contribution in [0.5, 0.6) is 0 Å². The van der Waals surface area contributed by atoms with Crippen LogP contribution in [0.15, 0.2) is 0 Å². The molecule has 1 aliphatic heterocycles. The summed E-state index contributed by atoms with van der Waals surface area (Å²) in [5.74, 6) is 0.168. The monoisotopic (exact) mass is 286 g/mol. The molecule has 1 saturated heterocycles. The molecule has 7 heteroatoms. The highest BCUT2D eigenvalue weighted by Crippen LogP contribution is 2.30. The zero-order valence-electron chi connectivity index (χ0n) is 10.5. The first-order valence-electron chi connectivity index (χ1n) is 5.60. The summed E-state index contributed by atoms with van der Waals surface area (Å²) in [7, 11) is -1.54. The van der Waals surface area contributed by atoms with Crippen molar-refractivity contribution in [3.05, 3.63) is 0 Å².